The molecule has 1 heterocycles. The highest BCUT2D eigenvalue weighted by molar-refractivity contribution is 6.04. The normalized spacial score (nSPS) is 20.5. The molecule has 0 spiro atoms. The lowest BCUT2D eigenvalue weighted by molar-refractivity contribution is -0.129. The Morgan fingerprint density at radius 2 is 1.97 bits per heavy atom. The SMILES string of the molecule is CC(=O)NCC(=O)N(c1ccccc1)C(C)(C)C(=O)N/C=C\C1=C\NC/C=N\C(O)=C/C1C. The largest absolute Gasteiger partial charge is 0.493 e. The van der Waals surface area contributed by atoms with Crippen LogP contribution in [0.25, 0.3) is 0 Å². The number of hydrogen-bond acceptors (Lipinski definition) is 6. The van der Waals surface area contributed by atoms with Crippen molar-refractivity contribution in [3.05, 3.63) is 66.3 Å². The van der Waals surface area contributed by atoms with E-state index in [1.807, 2.05) is 13.0 Å². The number of aliphatic imine (C=N–C) groups is 1. The molecule has 4 N–H and O–H groups in total. The second kappa shape index (κ2) is 11.7. The molecule has 1 aliphatic heterocycles. The van der Waals surface area contributed by atoms with Crippen LogP contribution in [-0.2, 0) is 14.4 Å². The van der Waals surface area contributed by atoms with Crippen molar-refractivity contribution in [3.8, 4) is 0 Å². The number of nitrogens with one attached hydrogen (secondary N) is 3. The fourth-order valence-electron chi connectivity index (χ4n) is 3.19. The van der Waals surface area contributed by atoms with Gasteiger partial charge in [-0.2, -0.15) is 0 Å². The van der Waals surface area contributed by atoms with Gasteiger partial charge in [0.25, 0.3) is 0 Å². The zero-order chi connectivity index (χ0) is 24.4. The van der Waals surface area contributed by atoms with Gasteiger partial charge in [-0.3, -0.25) is 19.3 Å². The van der Waals surface area contributed by atoms with Crippen molar-refractivity contribution < 1.29 is 19.5 Å². The fraction of sp³-hybridized carbons (Fsp3) is 0.333. The number of benzene rings is 1. The Morgan fingerprint density at radius 3 is 2.64 bits per heavy atom. The van der Waals surface area contributed by atoms with Crippen LogP contribution in [0.4, 0.5) is 5.69 Å². The highest BCUT2D eigenvalue weighted by Gasteiger charge is 2.38. The van der Waals surface area contributed by atoms with Gasteiger partial charge in [-0.15, -0.1) is 0 Å². The van der Waals surface area contributed by atoms with E-state index in [4.69, 9.17) is 0 Å². The maximum absolute atomic E-state index is 13.1. The van der Waals surface area contributed by atoms with Gasteiger partial charge in [0.15, 0.2) is 0 Å². The Morgan fingerprint density at radius 1 is 1.27 bits per heavy atom. The molecule has 0 saturated carbocycles. The predicted molar refractivity (Wildman–Crippen MR) is 128 cm³/mol. The zero-order valence-electron chi connectivity index (χ0n) is 19.3. The van der Waals surface area contributed by atoms with Crippen molar-refractivity contribution >= 4 is 29.6 Å². The fourth-order valence-corrected chi connectivity index (χ4v) is 3.19. The number of aliphatic hydroxyl groups excluding tert-OH is 1. The maximum atomic E-state index is 13.1. The molecule has 2 rings (SSSR count). The van der Waals surface area contributed by atoms with Gasteiger partial charge >= 0.3 is 0 Å². The lowest BCUT2D eigenvalue weighted by atomic mass is 9.99. The molecular formula is C24H31N5O4. The first-order chi connectivity index (χ1) is 15.6. The van der Waals surface area contributed by atoms with Gasteiger partial charge in [0.2, 0.25) is 23.6 Å². The van der Waals surface area contributed by atoms with E-state index in [-0.39, 0.29) is 24.3 Å². The highest BCUT2D eigenvalue weighted by atomic mass is 16.3. The van der Waals surface area contributed by atoms with Crippen LogP contribution in [0.15, 0.2) is 71.3 Å². The number of carbonyl (C=O) groups is 3. The topological polar surface area (TPSA) is 123 Å². The zero-order valence-corrected chi connectivity index (χ0v) is 19.3. The minimum atomic E-state index is -1.26. The van der Waals surface area contributed by atoms with Crippen LogP contribution in [0.3, 0.4) is 0 Å². The smallest absolute Gasteiger partial charge is 0.249 e. The first-order valence-corrected chi connectivity index (χ1v) is 10.6. The van der Waals surface area contributed by atoms with Crippen LogP contribution in [0, 0.1) is 5.92 Å². The van der Waals surface area contributed by atoms with E-state index in [2.05, 4.69) is 20.9 Å². The molecular weight excluding hydrogens is 422 g/mol. The third-order valence-electron chi connectivity index (χ3n) is 4.98. The van der Waals surface area contributed by atoms with Gasteiger partial charge in [-0.1, -0.05) is 25.1 Å². The molecule has 3 amide bonds. The lowest BCUT2D eigenvalue weighted by Crippen LogP contribution is -2.58. The summed E-state index contributed by atoms with van der Waals surface area (Å²) in [6.07, 6.45) is 8.16. The van der Waals surface area contributed by atoms with Gasteiger partial charge in [-0.05, 0) is 43.7 Å². The minimum absolute atomic E-state index is 0.0770. The molecule has 1 aliphatic rings. The number of aliphatic hydroxyl groups is 1. The molecule has 9 heteroatoms. The highest BCUT2D eigenvalue weighted by Crippen LogP contribution is 2.24. The van der Waals surface area contributed by atoms with E-state index >= 15 is 0 Å². The van der Waals surface area contributed by atoms with Gasteiger partial charge in [0.1, 0.15) is 5.54 Å². The Balaban J connectivity index is 2.21. The molecule has 0 saturated heterocycles. The molecule has 0 bridgehead atoms. The summed E-state index contributed by atoms with van der Waals surface area (Å²) in [6, 6.07) is 8.81. The van der Waals surface area contributed by atoms with E-state index in [1.54, 1.807) is 62.7 Å². The van der Waals surface area contributed by atoms with Crippen molar-refractivity contribution in [3.63, 3.8) is 0 Å². The maximum Gasteiger partial charge on any atom is 0.249 e. The molecule has 0 aromatic heterocycles. The molecule has 33 heavy (non-hydrogen) atoms. The standard InChI is InChI=1S/C24H31N5O4/c1-17-14-21(31)26-13-12-25-15-19(17)10-11-27-23(33)24(3,4)29(20-8-6-5-7-9-20)22(32)16-28-18(2)30/h5-11,13-15,17,25,31H,12,16H2,1-4H3,(H,27,33)(H,28,30)/b11-10-,19-15-,21-14+,26-13-. The minimum Gasteiger partial charge on any atom is -0.493 e. The average molecular weight is 454 g/mol. The van der Waals surface area contributed by atoms with Gasteiger partial charge in [0.05, 0.1) is 6.54 Å². The van der Waals surface area contributed by atoms with Crippen LogP contribution in [0.5, 0.6) is 0 Å². The summed E-state index contributed by atoms with van der Waals surface area (Å²) < 4.78 is 0. The van der Waals surface area contributed by atoms with Crippen LogP contribution in [0.1, 0.15) is 27.7 Å². The number of anilines is 1. The van der Waals surface area contributed by atoms with Crippen LogP contribution < -0.4 is 20.9 Å². The number of rotatable bonds is 7. The summed E-state index contributed by atoms with van der Waals surface area (Å²) >= 11 is 0. The first-order valence-electron chi connectivity index (χ1n) is 10.6. The van der Waals surface area contributed by atoms with E-state index in [9.17, 15) is 19.5 Å². The molecule has 0 fully saturated rings. The van der Waals surface area contributed by atoms with Gasteiger partial charge in [0, 0.05) is 43.7 Å². The van der Waals surface area contributed by atoms with Gasteiger partial charge < -0.3 is 21.1 Å². The summed E-state index contributed by atoms with van der Waals surface area (Å²) in [5, 5.41) is 18.1. The molecule has 1 atom stereocenters. The second-order valence-corrected chi connectivity index (χ2v) is 8.02. The molecule has 1 aromatic carbocycles. The monoisotopic (exact) mass is 453 g/mol. The van der Waals surface area contributed by atoms with Crippen molar-refractivity contribution in [2.75, 3.05) is 18.0 Å². The third kappa shape index (κ3) is 7.34. The average Bonchev–Trinajstić information content (AvgIpc) is 2.83. The Kier molecular flexibility index (Phi) is 8.97. The van der Waals surface area contributed by atoms with E-state index < -0.39 is 17.4 Å². The van der Waals surface area contributed by atoms with Crippen molar-refractivity contribution in [1.29, 1.82) is 0 Å². The number of allylic oxidation sites excluding steroid dienone is 3. The number of carbonyl (C=O) groups excluding carboxylic acids is 3. The van der Waals surface area contributed by atoms with E-state index in [0.29, 0.717) is 12.2 Å². The molecule has 0 radical (unpaired) electrons. The molecule has 0 aliphatic carbocycles. The lowest BCUT2D eigenvalue weighted by Gasteiger charge is -2.37. The number of hydrogen-bond donors (Lipinski definition) is 4. The number of amides is 3. The quantitative estimate of drug-likeness (QED) is 0.504. The predicted octanol–water partition coefficient (Wildman–Crippen LogP) is 2.16. The van der Waals surface area contributed by atoms with Crippen molar-refractivity contribution in [2.45, 2.75) is 33.2 Å². The summed E-state index contributed by atoms with van der Waals surface area (Å²) in [5.74, 6) is -1.40. The summed E-state index contributed by atoms with van der Waals surface area (Å²) in [7, 11) is 0. The van der Waals surface area contributed by atoms with Crippen molar-refractivity contribution in [2.24, 2.45) is 10.9 Å². The summed E-state index contributed by atoms with van der Waals surface area (Å²) in [5.41, 5.74) is 0.0883. The third-order valence-corrected chi connectivity index (χ3v) is 4.98. The molecule has 1 aromatic rings. The summed E-state index contributed by atoms with van der Waals surface area (Å²) in [6.45, 7) is 6.70. The Labute approximate surface area is 194 Å². The van der Waals surface area contributed by atoms with E-state index in [1.165, 1.54) is 18.0 Å². The second-order valence-electron chi connectivity index (χ2n) is 8.02. The first kappa shape index (κ1) is 25.4. The van der Waals surface area contributed by atoms with Crippen LogP contribution >= 0.6 is 0 Å². The van der Waals surface area contributed by atoms with Crippen LogP contribution in [0.2, 0.25) is 0 Å². The Bertz CT molecular complexity index is 980. The summed E-state index contributed by atoms with van der Waals surface area (Å²) in [4.78, 5) is 42.6. The number of para-hydroxylation sites is 1. The van der Waals surface area contributed by atoms with Crippen molar-refractivity contribution in [1.82, 2.24) is 16.0 Å². The van der Waals surface area contributed by atoms with Gasteiger partial charge in [-0.25, -0.2) is 4.99 Å². The molecule has 176 valence electrons. The number of nitrogens with zero attached hydrogens (tertiary/aromatic N) is 2. The molecule has 1 unspecified atom stereocenters. The van der Waals surface area contributed by atoms with E-state index in [0.717, 1.165) is 5.57 Å². The van der Waals surface area contributed by atoms with Crippen LogP contribution in [-0.4, -0.2) is 47.7 Å². The Hall–Kier alpha value is -3.88. The molecule has 9 nitrogen and oxygen atoms in total.